The first kappa shape index (κ1) is 21.0. The summed E-state index contributed by atoms with van der Waals surface area (Å²) in [5.74, 6) is 1.11. The van der Waals surface area contributed by atoms with E-state index in [0.717, 1.165) is 35.0 Å². The van der Waals surface area contributed by atoms with Crippen LogP contribution in [0.1, 0.15) is 63.1 Å². The minimum atomic E-state index is -1.15. The molecule has 1 unspecified atom stereocenters. The fraction of sp³-hybridized carbons (Fsp3) is 0.500. The summed E-state index contributed by atoms with van der Waals surface area (Å²) in [6.45, 7) is 5.01. The Balaban J connectivity index is 1.69. The van der Waals surface area contributed by atoms with Gasteiger partial charge in [-0.25, -0.2) is 8.78 Å². The third-order valence-electron chi connectivity index (χ3n) is 6.67. The van der Waals surface area contributed by atoms with E-state index in [9.17, 15) is 8.78 Å². The smallest absolute Gasteiger partial charge is 0.127 e. The molecule has 1 aromatic heterocycles. The molecule has 1 heterocycles. The quantitative estimate of drug-likeness (QED) is 0.484. The molecule has 1 fully saturated rings. The van der Waals surface area contributed by atoms with Gasteiger partial charge in [-0.05, 0) is 43.8 Å². The molecule has 30 heavy (non-hydrogen) atoms. The Morgan fingerprint density at radius 3 is 2.47 bits per heavy atom. The van der Waals surface area contributed by atoms with E-state index in [1.807, 2.05) is 37.3 Å². The van der Waals surface area contributed by atoms with Crippen LogP contribution in [0.4, 0.5) is 8.78 Å². The van der Waals surface area contributed by atoms with Crippen molar-refractivity contribution in [2.24, 2.45) is 11.8 Å². The summed E-state index contributed by atoms with van der Waals surface area (Å²) >= 11 is 0. The van der Waals surface area contributed by atoms with Gasteiger partial charge in [0, 0.05) is 29.7 Å². The SMILES string of the molecule is CCCC1CCC(Cn2nc(C)c(C3=CC(F)CC=C3F)c2-c2ccccc2)CC1. The second kappa shape index (κ2) is 9.28. The maximum atomic E-state index is 14.8. The number of allylic oxidation sites excluding steroid dienone is 4. The van der Waals surface area contributed by atoms with E-state index >= 15 is 0 Å². The van der Waals surface area contributed by atoms with Gasteiger partial charge in [-0.1, -0.05) is 62.9 Å². The number of aryl methyl sites for hydroxylation is 1. The van der Waals surface area contributed by atoms with Gasteiger partial charge in [0.25, 0.3) is 0 Å². The Morgan fingerprint density at radius 1 is 1.07 bits per heavy atom. The lowest BCUT2D eigenvalue weighted by atomic mass is 9.80. The average Bonchev–Trinajstić information content (AvgIpc) is 3.07. The number of benzene rings is 1. The number of nitrogens with zero attached hydrogens (tertiary/aromatic N) is 2. The van der Waals surface area contributed by atoms with Gasteiger partial charge in [0.15, 0.2) is 0 Å². The Kier molecular flexibility index (Phi) is 6.50. The molecule has 4 rings (SSSR count). The summed E-state index contributed by atoms with van der Waals surface area (Å²) in [6.07, 6.45) is 9.34. The highest BCUT2D eigenvalue weighted by molar-refractivity contribution is 5.87. The number of halogens is 2. The Labute approximate surface area is 178 Å². The molecule has 0 amide bonds. The van der Waals surface area contributed by atoms with Crippen LogP contribution in [0.15, 0.2) is 48.3 Å². The number of alkyl halides is 1. The van der Waals surface area contributed by atoms with Crippen molar-refractivity contribution < 1.29 is 8.78 Å². The lowest BCUT2D eigenvalue weighted by molar-refractivity contribution is 0.237. The van der Waals surface area contributed by atoms with Crippen LogP contribution in [0.3, 0.4) is 0 Å². The molecule has 2 aliphatic carbocycles. The van der Waals surface area contributed by atoms with E-state index in [1.54, 1.807) is 0 Å². The van der Waals surface area contributed by atoms with Crippen LogP contribution in [-0.2, 0) is 6.54 Å². The van der Waals surface area contributed by atoms with Crippen LogP contribution < -0.4 is 0 Å². The zero-order valence-electron chi connectivity index (χ0n) is 18.1. The van der Waals surface area contributed by atoms with Gasteiger partial charge in [0.1, 0.15) is 12.0 Å². The van der Waals surface area contributed by atoms with Gasteiger partial charge in [-0.2, -0.15) is 5.10 Å². The summed E-state index contributed by atoms with van der Waals surface area (Å²) < 4.78 is 30.9. The van der Waals surface area contributed by atoms with Crippen molar-refractivity contribution in [3.63, 3.8) is 0 Å². The molecule has 160 valence electrons. The van der Waals surface area contributed by atoms with Gasteiger partial charge in [0.05, 0.1) is 11.4 Å². The van der Waals surface area contributed by atoms with Crippen molar-refractivity contribution in [2.75, 3.05) is 0 Å². The predicted octanol–water partition coefficient (Wildman–Crippen LogP) is 7.44. The van der Waals surface area contributed by atoms with Gasteiger partial charge < -0.3 is 0 Å². The van der Waals surface area contributed by atoms with Crippen molar-refractivity contribution in [3.8, 4) is 11.3 Å². The highest BCUT2D eigenvalue weighted by Gasteiger charge is 2.28. The Bertz CT molecular complexity index is 918. The molecule has 0 spiro atoms. The third kappa shape index (κ3) is 4.43. The van der Waals surface area contributed by atoms with Crippen LogP contribution in [-0.4, -0.2) is 16.0 Å². The number of rotatable bonds is 6. The molecule has 4 heteroatoms. The van der Waals surface area contributed by atoms with Crippen LogP contribution >= 0.6 is 0 Å². The minimum absolute atomic E-state index is 0.101. The topological polar surface area (TPSA) is 17.8 Å². The maximum Gasteiger partial charge on any atom is 0.127 e. The molecule has 0 saturated heterocycles. The fourth-order valence-electron chi connectivity index (χ4n) is 5.14. The molecule has 0 radical (unpaired) electrons. The summed E-state index contributed by atoms with van der Waals surface area (Å²) in [5.41, 5.74) is 3.76. The zero-order chi connectivity index (χ0) is 21.1. The molecule has 1 aromatic carbocycles. The van der Waals surface area contributed by atoms with Gasteiger partial charge in [-0.3, -0.25) is 4.68 Å². The van der Waals surface area contributed by atoms with E-state index in [0.29, 0.717) is 11.5 Å². The van der Waals surface area contributed by atoms with Crippen LogP contribution in [0.2, 0.25) is 0 Å². The van der Waals surface area contributed by atoms with Crippen molar-refractivity contribution >= 4 is 5.57 Å². The van der Waals surface area contributed by atoms with Crippen molar-refractivity contribution in [1.29, 1.82) is 0 Å². The number of aromatic nitrogens is 2. The molecule has 0 N–H and O–H groups in total. The molecule has 2 aliphatic rings. The van der Waals surface area contributed by atoms with Crippen molar-refractivity contribution in [3.05, 3.63) is 59.6 Å². The standard InChI is InChI=1S/C26H32F2N2/c1-3-7-19-10-12-20(13-11-19)17-30-26(21-8-5-4-6-9-21)25(18(2)29-30)23-16-22(27)14-15-24(23)28/h4-6,8-9,15-16,19-20,22H,3,7,10-14,17H2,1-2H3. The van der Waals surface area contributed by atoms with Crippen molar-refractivity contribution in [1.82, 2.24) is 9.78 Å². The first-order chi connectivity index (χ1) is 14.6. The monoisotopic (exact) mass is 410 g/mol. The van der Waals surface area contributed by atoms with Crippen molar-refractivity contribution in [2.45, 2.75) is 71.5 Å². The largest absolute Gasteiger partial charge is 0.264 e. The Hall–Kier alpha value is -2.23. The second-order valence-electron chi connectivity index (χ2n) is 8.92. The molecule has 1 atom stereocenters. The summed E-state index contributed by atoms with van der Waals surface area (Å²) in [7, 11) is 0. The number of hydrogen-bond donors (Lipinski definition) is 0. The maximum absolute atomic E-state index is 14.8. The highest BCUT2D eigenvalue weighted by atomic mass is 19.1. The van der Waals surface area contributed by atoms with E-state index in [4.69, 9.17) is 5.10 Å². The average molecular weight is 411 g/mol. The third-order valence-corrected chi connectivity index (χ3v) is 6.67. The molecule has 0 aliphatic heterocycles. The first-order valence-electron chi connectivity index (χ1n) is 11.4. The van der Waals surface area contributed by atoms with Crippen LogP contribution in [0.5, 0.6) is 0 Å². The lowest BCUT2D eigenvalue weighted by Crippen LogP contribution is -2.20. The summed E-state index contributed by atoms with van der Waals surface area (Å²) in [4.78, 5) is 0. The normalized spacial score (nSPS) is 24.5. The number of hydrogen-bond acceptors (Lipinski definition) is 1. The molecule has 0 bridgehead atoms. The molecule has 1 saturated carbocycles. The van der Waals surface area contributed by atoms with Gasteiger partial charge in [0.2, 0.25) is 0 Å². The summed E-state index contributed by atoms with van der Waals surface area (Å²) in [6, 6.07) is 10.0. The molecule has 2 aromatic rings. The minimum Gasteiger partial charge on any atom is -0.264 e. The van der Waals surface area contributed by atoms with Crippen LogP contribution in [0.25, 0.3) is 16.8 Å². The zero-order valence-corrected chi connectivity index (χ0v) is 18.1. The molecular formula is C26H32F2N2. The highest BCUT2D eigenvalue weighted by Crippen LogP contribution is 2.40. The van der Waals surface area contributed by atoms with E-state index < -0.39 is 6.17 Å². The van der Waals surface area contributed by atoms with Gasteiger partial charge >= 0.3 is 0 Å². The van der Waals surface area contributed by atoms with E-state index in [1.165, 1.54) is 50.7 Å². The first-order valence-corrected chi connectivity index (χ1v) is 11.4. The Morgan fingerprint density at radius 2 is 1.77 bits per heavy atom. The second-order valence-corrected chi connectivity index (χ2v) is 8.92. The fourth-order valence-corrected chi connectivity index (χ4v) is 5.14. The molecular weight excluding hydrogens is 378 g/mol. The predicted molar refractivity (Wildman–Crippen MR) is 119 cm³/mol. The lowest BCUT2D eigenvalue weighted by Gasteiger charge is -2.28. The van der Waals surface area contributed by atoms with E-state index in [2.05, 4.69) is 11.6 Å². The summed E-state index contributed by atoms with van der Waals surface area (Å²) in [5, 5.41) is 4.83. The molecule has 2 nitrogen and oxygen atoms in total. The van der Waals surface area contributed by atoms with Gasteiger partial charge in [-0.15, -0.1) is 0 Å². The van der Waals surface area contributed by atoms with E-state index in [-0.39, 0.29) is 12.2 Å². The van der Waals surface area contributed by atoms with Crippen LogP contribution in [0, 0.1) is 18.8 Å².